The average Bonchev–Trinajstić information content (AvgIpc) is 2.92. The van der Waals surface area contributed by atoms with E-state index >= 15 is 0 Å². The predicted octanol–water partition coefficient (Wildman–Crippen LogP) is 0.714. The van der Waals surface area contributed by atoms with Gasteiger partial charge in [0.2, 0.25) is 0 Å². The fourth-order valence-electron chi connectivity index (χ4n) is 0.926. The molecular weight excluding hydrogens is 180 g/mol. The summed E-state index contributed by atoms with van der Waals surface area (Å²) in [5.74, 6) is 0. The van der Waals surface area contributed by atoms with Gasteiger partial charge in [0.1, 0.15) is 5.69 Å². The smallest absolute Gasteiger partial charge is 0.108 e. The van der Waals surface area contributed by atoms with Crippen LogP contribution in [0.5, 0.6) is 0 Å². The van der Waals surface area contributed by atoms with E-state index in [1.54, 1.807) is 24.8 Å². The molecule has 2 N–H and O–H groups in total. The van der Waals surface area contributed by atoms with Crippen molar-refractivity contribution in [2.75, 3.05) is 0 Å². The molecule has 0 unspecified atom stereocenters. The maximum absolute atomic E-state index is 3.98. The molecule has 0 radical (unpaired) electrons. The summed E-state index contributed by atoms with van der Waals surface area (Å²) in [5.41, 5.74) is 1.77. The molecule has 2 aliphatic heterocycles. The van der Waals surface area contributed by atoms with Crippen LogP contribution in [0.25, 0.3) is 11.4 Å². The minimum Gasteiger partial charge on any atom is -0.286 e. The number of hydrogen-bond acceptors (Lipinski definition) is 4. The molecule has 1 aromatic rings. The van der Waals surface area contributed by atoms with E-state index in [0.29, 0.717) is 0 Å². The summed E-state index contributed by atoms with van der Waals surface area (Å²) >= 11 is 0. The molecule has 70 valence electrons. The zero-order valence-electron chi connectivity index (χ0n) is 7.25. The number of nitrogens with zero attached hydrogens (tertiary/aromatic N) is 4. The van der Waals surface area contributed by atoms with Crippen molar-refractivity contribution in [1.82, 2.24) is 30.6 Å². The van der Waals surface area contributed by atoms with Gasteiger partial charge in [-0.2, -0.15) is 5.10 Å². The monoisotopic (exact) mass is 188 g/mol. The molecule has 3 heterocycles. The van der Waals surface area contributed by atoms with Crippen LogP contribution in [0.1, 0.15) is 0 Å². The van der Waals surface area contributed by atoms with E-state index in [1.165, 1.54) is 0 Å². The largest absolute Gasteiger partial charge is 0.286 e. The molecule has 1 aromatic heterocycles. The van der Waals surface area contributed by atoms with Crippen LogP contribution in [0.4, 0.5) is 0 Å². The van der Waals surface area contributed by atoms with Gasteiger partial charge in [0, 0.05) is 18.6 Å². The molecular formula is C8H8N6. The lowest BCUT2D eigenvalue weighted by molar-refractivity contribution is 0.867. The zero-order valence-corrected chi connectivity index (χ0v) is 7.25. The summed E-state index contributed by atoms with van der Waals surface area (Å²) in [6, 6.07) is 3.68. The third-order valence-corrected chi connectivity index (χ3v) is 1.54. The van der Waals surface area contributed by atoms with Crippen molar-refractivity contribution in [3.8, 4) is 11.4 Å². The van der Waals surface area contributed by atoms with E-state index in [-0.39, 0.29) is 0 Å². The van der Waals surface area contributed by atoms with Gasteiger partial charge >= 0.3 is 0 Å². The van der Waals surface area contributed by atoms with Crippen LogP contribution in [0.15, 0.2) is 36.9 Å². The number of hydrogen-bond donors (Lipinski definition) is 2. The van der Waals surface area contributed by atoms with Gasteiger partial charge in [-0.1, -0.05) is 5.21 Å². The molecule has 0 aliphatic carbocycles. The quantitative estimate of drug-likeness (QED) is 0.544. The highest BCUT2D eigenvalue weighted by Gasteiger charge is 2.00. The van der Waals surface area contributed by atoms with Crippen molar-refractivity contribution in [2.45, 2.75) is 0 Å². The van der Waals surface area contributed by atoms with Gasteiger partial charge in [0.05, 0.1) is 11.9 Å². The van der Waals surface area contributed by atoms with Crippen LogP contribution in [0.3, 0.4) is 0 Å². The first-order valence-electron chi connectivity index (χ1n) is 4.01. The van der Waals surface area contributed by atoms with Gasteiger partial charge in [0.15, 0.2) is 0 Å². The van der Waals surface area contributed by atoms with E-state index in [0.717, 1.165) is 11.4 Å². The highest BCUT2D eigenvalue weighted by atomic mass is 15.3. The molecule has 0 saturated heterocycles. The molecule has 6 nitrogen and oxygen atoms in total. The molecule has 0 bridgehead atoms. The van der Waals surface area contributed by atoms with Crippen molar-refractivity contribution in [1.29, 1.82) is 0 Å². The van der Waals surface area contributed by atoms with Gasteiger partial charge in [0.25, 0.3) is 0 Å². The Morgan fingerprint density at radius 1 is 1.21 bits per heavy atom. The first-order chi connectivity index (χ1) is 6.97. The van der Waals surface area contributed by atoms with Crippen LogP contribution in [0, 0.1) is 0 Å². The molecule has 2 aliphatic rings. The van der Waals surface area contributed by atoms with Gasteiger partial charge < -0.3 is 0 Å². The van der Waals surface area contributed by atoms with E-state index in [2.05, 4.69) is 30.6 Å². The van der Waals surface area contributed by atoms with Crippen molar-refractivity contribution in [2.24, 2.45) is 0 Å². The molecule has 0 spiro atoms. The SMILES string of the molecule is c1cc2[nH]nncc-2n1.c1cn[nH]c1. The minimum absolute atomic E-state index is 0.852. The Morgan fingerprint density at radius 2 is 2.21 bits per heavy atom. The minimum atomic E-state index is 0.852. The molecule has 0 fully saturated rings. The summed E-state index contributed by atoms with van der Waals surface area (Å²) in [6.07, 6.45) is 6.79. The second-order valence-corrected chi connectivity index (χ2v) is 2.47. The summed E-state index contributed by atoms with van der Waals surface area (Å²) < 4.78 is 0. The van der Waals surface area contributed by atoms with Crippen molar-refractivity contribution >= 4 is 0 Å². The molecule has 14 heavy (non-hydrogen) atoms. The summed E-state index contributed by atoms with van der Waals surface area (Å²) in [7, 11) is 0. The second kappa shape index (κ2) is 4.13. The van der Waals surface area contributed by atoms with Crippen molar-refractivity contribution in [3.05, 3.63) is 36.9 Å². The number of aromatic amines is 2. The Morgan fingerprint density at radius 3 is 2.86 bits per heavy atom. The van der Waals surface area contributed by atoms with Gasteiger partial charge in [-0.05, 0) is 12.1 Å². The summed E-state index contributed by atoms with van der Waals surface area (Å²) in [5, 5.41) is 16.1. The van der Waals surface area contributed by atoms with E-state index in [1.807, 2.05) is 12.1 Å². The number of nitrogens with one attached hydrogen (secondary N) is 2. The van der Waals surface area contributed by atoms with E-state index in [9.17, 15) is 0 Å². The lowest BCUT2D eigenvalue weighted by atomic mass is 10.4. The normalized spacial score (nSPS) is 9.43. The Labute approximate surface area is 79.7 Å². The average molecular weight is 188 g/mol. The highest BCUT2D eigenvalue weighted by Crippen LogP contribution is 2.11. The lowest BCUT2D eigenvalue weighted by Crippen LogP contribution is -1.88. The second-order valence-electron chi connectivity index (χ2n) is 2.47. The van der Waals surface area contributed by atoms with Gasteiger partial charge in [-0.15, -0.1) is 5.10 Å². The van der Waals surface area contributed by atoms with Crippen LogP contribution < -0.4 is 0 Å². The van der Waals surface area contributed by atoms with Crippen molar-refractivity contribution < 1.29 is 0 Å². The number of rotatable bonds is 0. The van der Waals surface area contributed by atoms with E-state index < -0.39 is 0 Å². The van der Waals surface area contributed by atoms with Crippen LogP contribution in [-0.4, -0.2) is 30.6 Å². The van der Waals surface area contributed by atoms with Gasteiger partial charge in [-0.25, -0.2) is 0 Å². The number of aromatic nitrogens is 6. The number of fused-ring (bicyclic) bond motifs is 1. The fraction of sp³-hybridized carbons (Fsp3) is 0. The predicted molar refractivity (Wildman–Crippen MR) is 49.4 cm³/mol. The van der Waals surface area contributed by atoms with Crippen LogP contribution >= 0.6 is 0 Å². The number of H-pyrrole nitrogens is 2. The molecule has 0 saturated carbocycles. The summed E-state index contributed by atoms with van der Waals surface area (Å²) in [4.78, 5) is 3.98. The fourth-order valence-corrected chi connectivity index (χ4v) is 0.926. The lowest BCUT2D eigenvalue weighted by Gasteiger charge is -1.89. The van der Waals surface area contributed by atoms with Crippen LogP contribution in [-0.2, 0) is 0 Å². The third-order valence-electron chi connectivity index (χ3n) is 1.54. The van der Waals surface area contributed by atoms with Crippen molar-refractivity contribution in [3.63, 3.8) is 0 Å². The Balaban J connectivity index is 0.000000128. The Hall–Kier alpha value is -2.24. The van der Waals surface area contributed by atoms with Gasteiger partial charge in [-0.3, -0.25) is 15.2 Å². The maximum Gasteiger partial charge on any atom is 0.108 e. The molecule has 0 amide bonds. The molecule has 6 heteroatoms. The first-order valence-corrected chi connectivity index (χ1v) is 4.01. The topological polar surface area (TPSA) is 83.1 Å². The first kappa shape index (κ1) is 8.36. The Kier molecular flexibility index (Phi) is 2.46. The zero-order chi connectivity index (χ0) is 9.64. The Bertz CT molecular complexity index is 387. The maximum atomic E-state index is 3.98. The van der Waals surface area contributed by atoms with E-state index in [4.69, 9.17) is 0 Å². The summed E-state index contributed by atoms with van der Waals surface area (Å²) in [6.45, 7) is 0. The molecule has 0 atom stereocenters. The standard InChI is InChI=1S/C5H4N4.C3H4N2/c1-2-6-5-3-7-9-8-4(1)5;1-2-4-5-3-1/h1-3H,(H,7,8);1-3H,(H,4,5). The third kappa shape index (κ3) is 1.92. The molecule has 3 rings (SSSR count). The van der Waals surface area contributed by atoms with Crippen LogP contribution in [0.2, 0.25) is 0 Å². The molecule has 0 aromatic carbocycles. The highest BCUT2D eigenvalue weighted by molar-refractivity contribution is 5.52.